The van der Waals surface area contributed by atoms with Gasteiger partial charge in [-0.05, 0) is 11.4 Å². The molecule has 2 aromatic heterocycles. The van der Waals surface area contributed by atoms with E-state index in [1.165, 1.54) is 13.8 Å². The molecule has 34 heteroatoms. The molecule has 330 valence electrons. The lowest BCUT2D eigenvalue weighted by molar-refractivity contribution is -0.137. The number of hydrogen-bond donors (Lipinski definition) is 12. The molecule has 3 rings (SSSR count). The topological polar surface area (TPSA) is 447 Å². The number of thioether (sulfide) groups is 1. The molecule has 28 nitrogen and oxygen atoms in total. The Hall–Kier alpha value is -1.98. The largest absolute Gasteiger partial charge is 0.481 e. The molecule has 1 aliphatic heterocycles. The van der Waals surface area contributed by atoms with Crippen molar-refractivity contribution in [1.82, 2.24) is 30.2 Å². The number of ether oxygens (including phenoxy) is 1. The lowest BCUT2D eigenvalue weighted by Gasteiger charge is -2.30. The molecule has 2 aromatic rings. The number of phosphoric acid groups is 3. The van der Waals surface area contributed by atoms with Crippen LogP contribution in [0.1, 0.15) is 26.5 Å². The number of amides is 2. The Morgan fingerprint density at radius 3 is 2.31 bits per heavy atom. The van der Waals surface area contributed by atoms with E-state index in [9.17, 15) is 62.4 Å². The van der Waals surface area contributed by atoms with Crippen molar-refractivity contribution in [3.63, 3.8) is 0 Å². The second-order valence-electron chi connectivity index (χ2n) is 12.6. The fraction of sp³-hybridized carbons (Fsp3) is 0.667. The average Bonchev–Trinajstić information content (AvgIpc) is 3.66. The number of phosphoric ester groups is 3. The predicted octanol–water partition coefficient (Wildman–Crippen LogP) is -2.18. The first kappa shape index (κ1) is 50.4. The highest BCUT2D eigenvalue weighted by Gasteiger charge is 2.50. The number of nitrogens with two attached hydrogens (primary N) is 2. The monoisotopic (exact) mass is 950 g/mol. The Labute approximate surface area is 335 Å². The Morgan fingerprint density at radius 2 is 1.67 bits per heavy atom. The van der Waals surface area contributed by atoms with Gasteiger partial charge in [0.15, 0.2) is 17.7 Å². The van der Waals surface area contributed by atoms with Gasteiger partial charge in [-0.3, -0.25) is 32.5 Å². The highest BCUT2D eigenvalue weighted by Crippen LogP contribution is 2.61. The van der Waals surface area contributed by atoms with Gasteiger partial charge in [-0.1, -0.05) is 25.6 Å². The smallest absolute Gasteiger partial charge is 0.386 e. The van der Waals surface area contributed by atoms with E-state index in [1.807, 2.05) is 0 Å². The number of anilines is 1. The standard InChI is InChI=1S/C24H42N8O20P4S2/c1-24(2,18(35)21(36)28-4-3-14(33)27-5-6-57-23(37)12(25)8-58-54(41,42)43)9-49-56(46,47)52-55(44,45)48-7-13-17(51-53(38,39)40)16(34)22(50-13)32-11-31-15-19(26)29-10-30-20(15)32/h10-13,16-18,22,34-35H,3-9,25H2,1-2H3,(H,27,33)(H,28,36)(H,44,45)(H,46,47)(H2,26,29,30)(H2,38,39,40)(H2,41,42,43). The minimum absolute atomic E-state index is 0.00345. The zero-order chi connectivity index (χ0) is 43.9. The Balaban J connectivity index is 1.46. The predicted molar refractivity (Wildman–Crippen MR) is 200 cm³/mol. The van der Waals surface area contributed by atoms with Crippen LogP contribution < -0.4 is 22.1 Å². The number of rotatable bonds is 23. The fourth-order valence-corrected chi connectivity index (χ4v) is 9.84. The molecule has 58 heavy (non-hydrogen) atoms. The second kappa shape index (κ2) is 20.7. The first-order chi connectivity index (χ1) is 26.6. The summed E-state index contributed by atoms with van der Waals surface area (Å²) < 4.78 is 72.8. The maximum atomic E-state index is 12.7. The van der Waals surface area contributed by atoms with Gasteiger partial charge in [0.05, 0.1) is 25.6 Å². The van der Waals surface area contributed by atoms with E-state index in [1.54, 1.807) is 0 Å². The molecular formula is C24H42N8O20P4S2. The van der Waals surface area contributed by atoms with Crippen LogP contribution in [0.4, 0.5) is 5.82 Å². The number of carbonyl (C=O) groups excluding carboxylic acids is 3. The second-order valence-corrected chi connectivity index (χ2v) is 21.7. The minimum Gasteiger partial charge on any atom is -0.386 e. The third-order valence-electron chi connectivity index (χ3n) is 7.47. The van der Waals surface area contributed by atoms with E-state index in [0.29, 0.717) is 0 Å². The molecule has 3 heterocycles. The molecule has 2 amide bonds. The van der Waals surface area contributed by atoms with Gasteiger partial charge in [0, 0.05) is 36.4 Å². The SMILES string of the molecule is CC(C)(COP(=O)(O)OP(=O)(O)OCC1OC(n2cnc3c(N)ncnc32)C(O)C1OP(=O)(O)O)C(O)C(=O)NCCC(=O)NCCSC(=O)C(N)CSP(=O)(O)O. The number of imidazole rings is 1. The molecular weight excluding hydrogens is 908 g/mol. The van der Waals surface area contributed by atoms with Crippen LogP contribution in [-0.4, -0.2) is 144 Å². The average molecular weight is 951 g/mol. The van der Waals surface area contributed by atoms with Crippen molar-refractivity contribution >= 4 is 87.3 Å². The molecule has 0 bridgehead atoms. The van der Waals surface area contributed by atoms with Crippen molar-refractivity contribution in [3.05, 3.63) is 12.7 Å². The fourth-order valence-electron chi connectivity index (χ4n) is 4.63. The third-order valence-corrected chi connectivity index (χ3v) is 13.9. The van der Waals surface area contributed by atoms with Crippen LogP contribution in [0.15, 0.2) is 12.7 Å². The number of fused-ring (bicyclic) bond motifs is 1. The molecule has 8 atom stereocenters. The van der Waals surface area contributed by atoms with Crippen molar-refractivity contribution in [3.8, 4) is 0 Å². The van der Waals surface area contributed by atoms with Crippen molar-refractivity contribution in [2.45, 2.75) is 57.0 Å². The summed E-state index contributed by atoms with van der Waals surface area (Å²) in [7, 11) is -16.5. The minimum atomic E-state index is -5.60. The summed E-state index contributed by atoms with van der Waals surface area (Å²) in [4.78, 5) is 105. The zero-order valence-corrected chi connectivity index (χ0v) is 35.3. The molecule has 1 fully saturated rings. The lowest BCUT2D eigenvalue weighted by atomic mass is 9.87. The molecule has 0 radical (unpaired) electrons. The van der Waals surface area contributed by atoms with Crippen LogP contribution in [0, 0.1) is 5.41 Å². The number of aliphatic hydroxyl groups excluding tert-OH is 2. The molecule has 8 unspecified atom stereocenters. The lowest BCUT2D eigenvalue weighted by Crippen LogP contribution is -2.46. The van der Waals surface area contributed by atoms with Crippen LogP contribution >= 0.6 is 53.4 Å². The highest BCUT2D eigenvalue weighted by atomic mass is 32.7. The van der Waals surface area contributed by atoms with Gasteiger partial charge in [0.1, 0.15) is 36.3 Å². The van der Waals surface area contributed by atoms with Gasteiger partial charge in [-0.2, -0.15) is 4.31 Å². The summed E-state index contributed by atoms with van der Waals surface area (Å²) in [6.07, 6.45) is -7.20. The summed E-state index contributed by atoms with van der Waals surface area (Å²) in [6, 6.07) is -1.14. The van der Waals surface area contributed by atoms with E-state index in [-0.39, 0.29) is 59.4 Å². The first-order valence-electron chi connectivity index (χ1n) is 16.1. The van der Waals surface area contributed by atoms with Gasteiger partial charge in [-0.25, -0.2) is 33.2 Å². The summed E-state index contributed by atoms with van der Waals surface area (Å²) in [5, 5.41) is 25.6. The maximum Gasteiger partial charge on any atom is 0.481 e. The van der Waals surface area contributed by atoms with Crippen LogP contribution in [0.3, 0.4) is 0 Å². The van der Waals surface area contributed by atoms with Gasteiger partial charge in [0.25, 0.3) is 0 Å². The van der Waals surface area contributed by atoms with E-state index >= 15 is 0 Å². The molecule has 0 aromatic carbocycles. The Morgan fingerprint density at radius 1 is 1.02 bits per heavy atom. The summed E-state index contributed by atoms with van der Waals surface area (Å²) >= 11 is 0.967. The highest BCUT2D eigenvalue weighted by molar-refractivity contribution is 8.54. The normalized spacial score (nSPS) is 22.2. The molecule has 1 aliphatic rings. The van der Waals surface area contributed by atoms with Crippen molar-refractivity contribution in [1.29, 1.82) is 0 Å². The molecule has 14 N–H and O–H groups in total. The zero-order valence-electron chi connectivity index (χ0n) is 30.1. The van der Waals surface area contributed by atoms with E-state index in [2.05, 4.69) is 34.4 Å². The molecule has 0 saturated carbocycles. The summed E-state index contributed by atoms with van der Waals surface area (Å²) in [6.45, 7) is -4.35. The van der Waals surface area contributed by atoms with Gasteiger partial charge in [0.2, 0.25) is 16.9 Å². The summed E-state index contributed by atoms with van der Waals surface area (Å²) in [5.41, 5.74) is 9.74. The number of nitrogens with one attached hydrogen (secondary N) is 2. The summed E-state index contributed by atoms with van der Waals surface area (Å²) in [5.74, 6) is -1.88. The van der Waals surface area contributed by atoms with Gasteiger partial charge < -0.3 is 66.4 Å². The molecule has 0 spiro atoms. The Kier molecular flexibility index (Phi) is 18.0. The number of aromatic nitrogens is 4. The number of aliphatic hydroxyl groups is 2. The number of nitrogen functional groups attached to an aromatic ring is 1. The molecule has 0 aliphatic carbocycles. The molecule has 1 saturated heterocycles. The van der Waals surface area contributed by atoms with E-state index in [0.717, 1.165) is 29.0 Å². The van der Waals surface area contributed by atoms with Crippen LogP contribution in [0.5, 0.6) is 0 Å². The number of hydrogen-bond acceptors (Lipinski definition) is 21. The van der Waals surface area contributed by atoms with E-state index in [4.69, 9.17) is 35.0 Å². The number of nitrogens with zero attached hydrogens (tertiary/aromatic N) is 4. The van der Waals surface area contributed by atoms with E-state index < -0.39 is 103 Å². The van der Waals surface area contributed by atoms with Gasteiger partial charge in [-0.15, -0.1) is 0 Å². The van der Waals surface area contributed by atoms with Crippen LogP contribution in [-0.2, 0) is 55.3 Å². The van der Waals surface area contributed by atoms with Crippen molar-refractivity contribution in [2.75, 3.05) is 43.5 Å². The quantitative estimate of drug-likeness (QED) is 0.0416. The van der Waals surface area contributed by atoms with Crippen molar-refractivity contribution in [2.24, 2.45) is 11.1 Å². The third kappa shape index (κ3) is 15.8. The van der Waals surface area contributed by atoms with Crippen LogP contribution in [0.25, 0.3) is 11.2 Å². The number of carbonyl (C=O) groups is 3. The maximum absolute atomic E-state index is 12.7. The van der Waals surface area contributed by atoms with Gasteiger partial charge >= 0.3 is 30.3 Å². The van der Waals surface area contributed by atoms with Crippen molar-refractivity contribution < 1.29 is 94.8 Å². The Bertz CT molecular complexity index is 1970. The first-order valence-corrected chi connectivity index (χ1v) is 24.8. The van der Waals surface area contributed by atoms with Crippen LogP contribution in [0.2, 0.25) is 0 Å².